The van der Waals surface area contributed by atoms with Crippen LogP contribution in [0, 0.1) is 11.8 Å². The van der Waals surface area contributed by atoms with E-state index in [1.54, 1.807) is 0 Å². The van der Waals surface area contributed by atoms with Gasteiger partial charge in [0.15, 0.2) is 0 Å². The molecule has 3 heteroatoms. The van der Waals surface area contributed by atoms with Gasteiger partial charge in [-0.15, -0.1) is 0 Å². The van der Waals surface area contributed by atoms with Crippen molar-refractivity contribution in [1.29, 1.82) is 0 Å². The summed E-state index contributed by atoms with van der Waals surface area (Å²) < 4.78 is 0. The first kappa shape index (κ1) is 12.9. The van der Waals surface area contributed by atoms with Gasteiger partial charge in [0.1, 0.15) is 0 Å². The lowest BCUT2D eigenvalue weighted by Gasteiger charge is -2.31. The Morgan fingerprint density at radius 2 is 1.88 bits per heavy atom. The molecule has 1 amide bonds. The smallest absolute Gasteiger partial charge is 0.223 e. The van der Waals surface area contributed by atoms with Crippen molar-refractivity contribution >= 4 is 5.91 Å². The molecule has 98 valence electrons. The molecule has 2 saturated carbocycles. The van der Waals surface area contributed by atoms with Crippen LogP contribution in [0.2, 0.25) is 0 Å². The molecule has 2 rings (SSSR count). The van der Waals surface area contributed by atoms with E-state index in [1.165, 1.54) is 12.8 Å². The quantitative estimate of drug-likeness (QED) is 0.775. The van der Waals surface area contributed by atoms with E-state index in [9.17, 15) is 4.79 Å². The van der Waals surface area contributed by atoms with Gasteiger partial charge in [-0.1, -0.05) is 26.2 Å². The average Bonchev–Trinajstić information content (AvgIpc) is 2.29. The molecule has 0 saturated heterocycles. The van der Waals surface area contributed by atoms with Crippen LogP contribution in [0.1, 0.15) is 58.3 Å². The van der Waals surface area contributed by atoms with E-state index in [-0.39, 0.29) is 17.9 Å². The summed E-state index contributed by atoms with van der Waals surface area (Å²) in [7, 11) is 0. The molecule has 4 atom stereocenters. The van der Waals surface area contributed by atoms with E-state index in [1.807, 2.05) is 0 Å². The molecule has 17 heavy (non-hydrogen) atoms. The fourth-order valence-electron chi connectivity index (χ4n) is 3.35. The Balaban J connectivity index is 1.79. The van der Waals surface area contributed by atoms with Gasteiger partial charge in [-0.05, 0) is 38.0 Å². The second-order valence-corrected chi connectivity index (χ2v) is 6.10. The highest BCUT2D eigenvalue weighted by atomic mass is 16.1. The van der Waals surface area contributed by atoms with Gasteiger partial charge < -0.3 is 11.1 Å². The number of nitrogens with one attached hydrogen (secondary N) is 1. The summed E-state index contributed by atoms with van der Waals surface area (Å²) in [5.41, 5.74) is 5.94. The molecule has 0 spiro atoms. The SMILES string of the molecule is CC1CCCC(NC(=O)C2CCCC(N)C2)C1. The van der Waals surface area contributed by atoms with Crippen LogP contribution in [0.3, 0.4) is 0 Å². The molecule has 2 fully saturated rings. The Bertz CT molecular complexity index is 267. The number of carbonyl (C=O) groups is 1. The van der Waals surface area contributed by atoms with Crippen LogP contribution in [0.4, 0.5) is 0 Å². The number of hydrogen-bond donors (Lipinski definition) is 2. The highest BCUT2D eigenvalue weighted by molar-refractivity contribution is 5.79. The van der Waals surface area contributed by atoms with Gasteiger partial charge in [-0.2, -0.15) is 0 Å². The van der Waals surface area contributed by atoms with Crippen molar-refractivity contribution in [1.82, 2.24) is 5.32 Å². The molecule has 0 aromatic heterocycles. The number of carbonyl (C=O) groups excluding carboxylic acids is 1. The maximum absolute atomic E-state index is 12.2. The molecule has 0 aliphatic heterocycles. The molecule has 4 unspecified atom stereocenters. The maximum Gasteiger partial charge on any atom is 0.223 e. The van der Waals surface area contributed by atoms with Gasteiger partial charge in [0.25, 0.3) is 0 Å². The molecule has 0 radical (unpaired) electrons. The third kappa shape index (κ3) is 3.70. The van der Waals surface area contributed by atoms with E-state index in [4.69, 9.17) is 5.73 Å². The molecular formula is C14H26N2O. The van der Waals surface area contributed by atoms with Gasteiger partial charge in [0.2, 0.25) is 5.91 Å². The van der Waals surface area contributed by atoms with Crippen molar-refractivity contribution in [3.8, 4) is 0 Å². The highest BCUT2D eigenvalue weighted by Gasteiger charge is 2.28. The van der Waals surface area contributed by atoms with Gasteiger partial charge in [0, 0.05) is 18.0 Å². The minimum absolute atomic E-state index is 0.177. The first-order chi connectivity index (χ1) is 8.15. The van der Waals surface area contributed by atoms with Crippen LogP contribution in [-0.2, 0) is 4.79 Å². The molecule has 0 heterocycles. The summed E-state index contributed by atoms with van der Waals surface area (Å²) in [6.07, 6.45) is 9.01. The van der Waals surface area contributed by atoms with Gasteiger partial charge in [0.05, 0.1) is 0 Å². The summed E-state index contributed by atoms with van der Waals surface area (Å²) in [6, 6.07) is 0.661. The number of nitrogens with two attached hydrogens (primary N) is 1. The summed E-state index contributed by atoms with van der Waals surface area (Å²) in [5, 5.41) is 3.25. The lowest BCUT2D eigenvalue weighted by atomic mass is 9.84. The Kier molecular flexibility index (Phi) is 4.43. The van der Waals surface area contributed by atoms with Crippen molar-refractivity contribution in [2.75, 3.05) is 0 Å². The highest BCUT2D eigenvalue weighted by Crippen LogP contribution is 2.26. The summed E-state index contributed by atoms with van der Waals surface area (Å²) >= 11 is 0. The third-order valence-corrected chi connectivity index (χ3v) is 4.37. The summed E-state index contributed by atoms with van der Waals surface area (Å²) in [5.74, 6) is 1.21. The van der Waals surface area contributed by atoms with Crippen molar-refractivity contribution in [3.63, 3.8) is 0 Å². The van der Waals surface area contributed by atoms with E-state index >= 15 is 0 Å². The van der Waals surface area contributed by atoms with E-state index < -0.39 is 0 Å². The zero-order valence-corrected chi connectivity index (χ0v) is 11.0. The van der Waals surface area contributed by atoms with E-state index in [2.05, 4.69) is 12.2 Å². The minimum Gasteiger partial charge on any atom is -0.353 e. The fraction of sp³-hybridized carbons (Fsp3) is 0.929. The molecule has 0 aromatic rings. The summed E-state index contributed by atoms with van der Waals surface area (Å²) in [4.78, 5) is 12.2. The van der Waals surface area contributed by atoms with Crippen molar-refractivity contribution < 1.29 is 4.79 Å². The lowest BCUT2D eigenvalue weighted by Crippen LogP contribution is -2.43. The summed E-state index contributed by atoms with van der Waals surface area (Å²) in [6.45, 7) is 2.29. The van der Waals surface area contributed by atoms with Crippen LogP contribution in [0.5, 0.6) is 0 Å². The van der Waals surface area contributed by atoms with Crippen LogP contribution in [-0.4, -0.2) is 18.0 Å². The van der Waals surface area contributed by atoms with E-state index in [0.717, 1.165) is 44.4 Å². The van der Waals surface area contributed by atoms with Crippen LogP contribution in [0.25, 0.3) is 0 Å². The molecule has 0 aromatic carbocycles. The van der Waals surface area contributed by atoms with Gasteiger partial charge in [-0.3, -0.25) is 4.79 Å². The monoisotopic (exact) mass is 238 g/mol. The van der Waals surface area contributed by atoms with Crippen LogP contribution >= 0.6 is 0 Å². The predicted octanol–water partition coefficient (Wildman–Crippen LogP) is 2.20. The average molecular weight is 238 g/mol. The van der Waals surface area contributed by atoms with Crippen molar-refractivity contribution in [2.24, 2.45) is 17.6 Å². The molecule has 2 aliphatic carbocycles. The molecule has 0 bridgehead atoms. The third-order valence-electron chi connectivity index (χ3n) is 4.37. The van der Waals surface area contributed by atoms with E-state index in [0.29, 0.717) is 6.04 Å². The second kappa shape index (κ2) is 5.85. The topological polar surface area (TPSA) is 55.1 Å². The first-order valence-corrected chi connectivity index (χ1v) is 7.21. The lowest BCUT2D eigenvalue weighted by molar-refractivity contribution is -0.127. The van der Waals surface area contributed by atoms with Gasteiger partial charge >= 0.3 is 0 Å². The normalized spacial score (nSPS) is 38.7. The molecule has 3 N–H and O–H groups in total. The standard InChI is InChI=1S/C14H26N2O/c1-10-4-2-7-13(8-10)16-14(17)11-5-3-6-12(15)9-11/h10-13H,2-9,15H2,1H3,(H,16,17). The first-order valence-electron chi connectivity index (χ1n) is 7.21. The molecule has 3 nitrogen and oxygen atoms in total. The molecule has 2 aliphatic rings. The largest absolute Gasteiger partial charge is 0.353 e. The maximum atomic E-state index is 12.2. The zero-order valence-electron chi connectivity index (χ0n) is 11.0. The Hall–Kier alpha value is -0.570. The van der Waals surface area contributed by atoms with Crippen molar-refractivity contribution in [3.05, 3.63) is 0 Å². The number of rotatable bonds is 2. The van der Waals surface area contributed by atoms with Gasteiger partial charge in [-0.25, -0.2) is 0 Å². The fourth-order valence-corrected chi connectivity index (χ4v) is 3.35. The second-order valence-electron chi connectivity index (χ2n) is 6.10. The number of hydrogen-bond acceptors (Lipinski definition) is 2. The number of amides is 1. The zero-order chi connectivity index (χ0) is 12.3. The molecular weight excluding hydrogens is 212 g/mol. The Labute approximate surface area is 105 Å². The predicted molar refractivity (Wildman–Crippen MR) is 69.5 cm³/mol. The van der Waals surface area contributed by atoms with Crippen LogP contribution < -0.4 is 11.1 Å². The van der Waals surface area contributed by atoms with Crippen LogP contribution in [0.15, 0.2) is 0 Å². The Morgan fingerprint density at radius 3 is 2.59 bits per heavy atom. The Morgan fingerprint density at radius 1 is 1.12 bits per heavy atom. The van der Waals surface area contributed by atoms with Crippen molar-refractivity contribution in [2.45, 2.75) is 70.4 Å². The minimum atomic E-state index is 0.177.